The highest BCUT2D eigenvalue weighted by atomic mass is 16.5. The molecule has 2 heterocycles. The summed E-state index contributed by atoms with van der Waals surface area (Å²) < 4.78 is 6.09. The van der Waals surface area contributed by atoms with Crippen molar-refractivity contribution >= 4 is 5.78 Å². The molecule has 0 saturated carbocycles. The van der Waals surface area contributed by atoms with E-state index in [2.05, 4.69) is 22.5 Å². The van der Waals surface area contributed by atoms with Gasteiger partial charge in [-0.2, -0.15) is 0 Å². The SMILES string of the molecule is CC[N+]1(CC(=O)Cc2cccc(OC)c2)CC2NCNCN2C1. The predicted molar refractivity (Wildman–Crippen MR) is 88.7 cm³/mol. The average Bonchev–Trinajstić information content (AvgIpc) is 2.93. The molecule has 2 atom stereocenters. The van der Waals surface area contributed by atoms with Crippen LogP contribution >= 0.6 is 0 Å². The summed E-state index contributed by atoms with van der Waals surface area (Å²) in [4.78, 5) is 15.0. The molecule has 2 fully saturated rings. The summed E-state index contributed by atoms with van der Waals surface area (Å²) in [6.45, 7) is 7.46. The van der Waals surface area contributed by atoms with Gasteiger partial charge in [-0.15, -0.1) is 0 Å². The second-order valence-electron chi connectivity index (χ2n) is 6.60. The summed E-state index contributed by atoms with van der Waals surface area (Å²) in [5, 5.41) is 6.81. The Labute approximate surface area is 138 Å². The highest BCUT2D eigenvalue weighted by Crippen LogP contribution is 2.22. The lowest BCUT2D eigenvalue weighted by molar-refractivity contribution is -0.912. The Kier molecular flexibility index (Phi) is 4.96. The summed E-state index contributed by atoms with van der Waals surface area (Å²) in [6, 6.07) is 7.80. The standard InChI is InChI=1S/C17H27N4O2/c1-3-21(10-17-19-11-18-12-20(17)13-21)9-15(22)7-14-5-4-6-16(8-14)23-2/h4-6,8,17-19H,3,7,9-13H2,1-2H3/q+1. The van der Waals surface area contributed by atoms with Crippen LogP contribution in [0.25, 0.3) is 0 Å². The molecule has 0 bridgehead atoms. The van der Waals surface area contributed by atoms with Gasteiger partial charge < -0.3 is 9.22 Å². The summed E-state index contributed by atoms with van der Waals surface area (Å²) >= 11 is 0. The van der Waals surface area contributed by atoms with Crippen LogP contribution in [0.5, 0.6) is 5.75 Å². The van der Waals surface area contributed by atoms with Crippen molar-refractivity contribution < 1.29 is 14.0 Å². The van der Waals surface area contributed by atoms with E-state index in [1.165, 1.54) is 0 Å². The van der Waals surface area contributed by atoms with Gasteiger partial charge >= 0.3 is 0 Å². The molecule has 6 nitrogen and oxygen atoms in total. The molecule has 3 rings (SSSR count). The van der Waals surface area contributed by atoms with Crippen LogP contribution in [0.2, 0.25) is 0 Å². The van der Waals surface area contributed by atoms with Crippen molar-refractivity contribution in [1.29, 1.82) is 0 Å². The zero-order valence-electron chi connectivity index (χ0n) is 14.0. The topological polar surface area (TPSA) is 53.6 Å². The molecule has 2 aliphatic heterocycles. The lowest BCUT2D eigenvalue weighted by Crippen LogP contribution is -2.55. The summed E-state index contributed by atoms with van der Waals surface area (Å²) in [6.07, 6.45) is 0.869. The van der Waals surface area contributed by atoms with Crippen LogP contribution in [-0.2, 0) is 11.2 Å². The van der Waals surface area contributed by atoms with Gasteiger partial charge in [-0.3, -0.25) is 15.4 Å². The van der Waals surface area contributed by atoms with E-state index >= 15 is 0 Å². The smallest absolute Gasteiger partial charge is 0.191 e. The Morgan fingerprint density at radius 2 is 2.35 bits per heavy atom. The highest BCUT2D eigenvalue weighted by Gasteiger charge is 2.44. The minimum absolute atomic E-state index is 0.299. The maximum atomic E-state index is 12.6. The zero-order chi connectivity index (χ0) is 16.3. The molecule has 0 amide bonds. The monoisotopic (exact) mass is 319 g/mol. The van der Waals surface area contributed by atoms with E-state index in [4.69, 9.17) is 4.74 Å². The fourth-order valence-electron chi connectivity index (χ4n) is 3.66. The van der Waals surface area contributed by atoms with Gasteiger partial charge in [-0.1, -0.05) is 12.1 Å². The van der Waals surface area contributed by atoms with Crippen molar-refractivity contribution in [3.63, 3.8) is 0 Å². The van der Waals surface area contributed by atoms with Crippen LogP contribution in [-0.4, -0.2) is 68.1 Å². The van der Waals surface area contributed by atoms with Gasteiger partial charge in [0.05, 0.1) is 20.3 Å². The Bertz CT molecular complexity index is 549. The number of hydrogen-bond acceptors (Lipinski definition) is 5. The van der Waals surface area contributed by atoms with E-state index < -0.39 is 0 Å². The number of methoxy groups -OCH3 is 1. The summed E-state index contributed by atoms with van der Waals surface area (Å²) in [7, 11) is 1.65. The van der Waals surface area contributed by atoms with Crippen molar-refractivity contribution in [3.8, 4) is 5.75 Å². The first-order chi connectivity index (χ1) is 11.1. The molecule has 2 saturated heterocycles. The van der Waals surface area contributed by atoms with Crippen molar-refractivity contribution in [3.05, 3.63) is 29.8 Å². The molecular formula is C17H27N4O2+. The van der Waals surface area contributed by atoms with Crippen LogP contribution in [0.1, 0.15) is 12.5 Å². The number of Topliss-reactive ketones (excluding diaryl/α,β-unsaturated/α-hetero) is 1. The minimum Gasteiger partial charge on any atom is -0.497 e. The summed E-state index contributed by atoms with van der Waals surface area (Å²) in [5.74, 6) is 1.11. The number of likely N-dealkylation sites (N-methyl/N-ethyl adjacent to an activating group) is 1. The molecule has 2 N–H and O–H groups in total. The van der Waals surface area contributed by atoms with Gasteiger partial charge in [0.1, 0.15) is 31.7 Å². The molecule has 1 aromatic rings. The lowest BCUT2D eigenvalue weighted by atomic mass is 10.1. The van der Waals surface area contributed by atoms with Crippen molar-refractivity contribution in [1.82, 2.24) is 15.5 Å². The van der Waals surface area contributed by atoms with E-state index in [9.17, 15) is 4.79 Å². The number of hydrogen-bond donors (Lipinski definition) is 2. The fourth-order valence-corrected chi connectivity index (χ4v) is 3.66. The third kappa shape index (κ3) is 3.72. The minimum atomic E-state index is 0.299. The van der Waals surface area contributed by atoms with Gasteiger partial charge in [-0.05, 0) is 24.6 Å². The van der Waals surface area contributed by atoms with Crippen LogP contribution in [0.4, 0.5) is 0 Å². The molecule has 0 spiro atoms. The van der Waals surface area contributed by atoms with Gasteiger partial charge in [0, 0.05) is 13.1 Å². The van der Waals surface area contributed by atoms with Crippen molar-refractivity contribution in [2.75, 3.05) is 46.8 Å². The molecule has 1 aromatic carbocycles. The number of nitrogens with one attached hydrogen (secondary N) is 2. The molecule has 23 heavy (non-hydrogen) atoms. The zero-order valence-corrected chi connectivity index (χ0v) is 14.0. The average molecular weight is 319 g/mol. The Morgan fingerprint density at radius 3 is 3.09 bits per heavy atom. The molecule has 0 aromatic heterocycles. The quantitative estimate of drug-likeness (QED) is 0.741. The van der Waals surface area contributed by atoms with E-state index in [1.807, 2.05) is 24.3 Å². The Morgan fingerprint density at radius 1 is 1.48 bits per heavy atom. The number of carbonyl (C=O) groups excluding carboxylic acids is 1. The second-order valence-corrected chi connectivity index (χ2v) is 6.60. The first-order valence-corrected chi connectivity index (χ1v) is 8.32. The van der Waals surface area contributed by atoms with E-state index in [-0.39, 0.29) is 0 Å². The van der Waals surface area contributed by atoms with E-state index in [0.717, 1.165) is 48.9 Å². The number of nitrogens with zero attached hydrogens (tertiary/aromatic N) is 2. The molecule has 6 heteroatoms. The third-order valence-electron chi connectivity index (χ3n) is 4.98. The maximum absolute atomic E-state index is 12.6. The second kappa shape index (κ2) is 6.97. The normalized spacial score (nSPS) is 27.7. The molecule has 0 radical (unpaired) electrons. The van der Waals surface area contributed by atoms with E-state index in [0.29, 0.717) is 24.9 Å². The number of rotatable bonds is 6. The van der Waals surface area contributed by atoms with E-state index in [1.54, 1.807) is 7.11 Å². The molecule has 0 aliphatic carbocycles. The number of ether oxygens (including phenoxy) is 1. The lowest BCUT2D eigenvalue weighted by Gasteiger charge is -2.32. The summed E-state index contributed by atoms with van der Waals surface area (Å²) in [5.41, 5.74) is 1.03. The van der Waals surface area contributed by atoms with Crippen LogP contribution in [0, 0.1) is 0 Å². The first-order valence-electron chi connectivity index (χ1n) is 8.32. The molecule has 2 unspecified atom stereocenters. The van der Waals surface area contributed by atoms with Crippen LogP contribution in [0.3, 0.4) is 0 Å². The van der Waals surface area contributed by atoms with Gasteiger partial charge in [0.15, 0.2) is 5.78 Å². The molecule has 2 aliphatic rings. The largest absolute Gasteiger partial charge is 0.497 e. The third-order valence-corrected chi connectivity index (χ3v) is 4.98. The Hall–Kier alpha value is -1.47. The fraction of sp³-hybridized carbons (Fsp3) is 0.588. The van der Waals surface area contributed by atoms with Crippen molar-refractivity contribution in [2.45, 2.75) is 19.5 Å². The number of ketones is 1. The number of benzene rings is 1. The Balaban J connectivity index is 1.63. The van der Waals surface area contributed by atoms with Gasteiger partial charge in [-0.25, -0.2) is 4.90 Å². The first kappa shape index (κ1) is 16.4. The van der Waals surface area contributed by atoms with Gasteiger partial charge in [0.2, 0.25) is 0 Å². The number of quaternary nitrogens is 1. The number of fused-ring (bicyclic) bond motifs is 1. The van der Waals surface area contributed by atoms with Gasteiger partial charge in [0.25, 0.3) is 0 Å². The van der Waals surface area contributed by atoms with Crippen molar-refractivity contribution in [2.24, 2.45) is 0 Å². The predicted octanol–water partition coefficient (Wildman–Crippen LogP) is 0.351. The highest BCUT2D eigenvalue weighted by molar-refractivity contribution is 5.82. The van der Waals surface area contributed by atoms with Crippen LogP contribution in [0.15, 0.2) is 24.3 Å². The molecule has 126 valence electrons. The van der Waals surface area contributed by atoms with Crippen LogP contribution < -0.4 is 15.4 Å². The molecular weight excluding hydrogens is 292 g/mol. The maximum Gasteiger partial charge on any atom is 0.191 e. The number of carbonyl (C=O) groups is 1.